The number of cyclic esters (lactones) is 2. The molecule has 6 saturated heterocycles. The van der Waals surface area contributed by atoms with Gasteiger partial charge in [-0.3, -0.25) is 9.59 Å². The molecule has 8 rings (SSSR count). The molecule has 0 spiro atoms. The number of hydrogen-bond donors (Lipinski definition) is 14. The molecule has 524 valence electrons. The molecule has 0 aliphatic carbocycles. The van der Waals surface area contributed by atoms with Crippen LogP contribution in [0.4, 0.5) is 0 Å². The second-order valence-electron chi connectivity index (χ2n) is 25.1. The van der Waals surface area contributed by atoms with Crippen molar-refractivity contribution in [2.24, 2.45) is 23.3 Å². The number of aliphatic hydroxyl groups is 10. The number of aliphatic hydroxyl groups excluding tert-OH is 8. The number of fused-ring (bicyclic) bond motifs is 6. The Morgan fingerprint density at radius 2 is 0.819 bits per heavy atom. The lowest BCUT2D eigenvalue weighted by Crippen LogP contribution is -2.61. The minimum absolute atomic E-state index is 0.0789. The van der Waals surface area contributed by atoms with Crippen molar-refractivity contribution in [2.75, 3.05) is 0 Å². The third-order valence-electron chi connectivity index (χ3n) is 17.2. The molecule has 0 aromatic carbocycles. The summed E-state index contributed by atoms with van der Waals surface area (Å²) < 4.78 is 57.0. The largest absolute Gasteiger partial charge is 0.481 e. The molecule has 6 fully saturated rings. The Balaban J connectivity index is 0.000000266. The Kier molecular flexibility index (Phi) is 28.3. The van der Waals surface area contributed by atoms with Gasteiger partial charge >= 0.3 is 23.9 Å². The van der Waals surface area contributed by atoms with Gasteiger partial charge in [-0.2, -0.15) is 0 Å². The van der Waals surface area contributed by atoms with Gasteiger partial charge in [0.1, 0.15) is 48.5 Å². The van der Waals surface area contributed by atoms with Crippen molar-refractivity contribution in [3.8, 4) is 0 Å². The van der Waals surface area contributed by atoms with Gasteiger partial charge in [0.2, 0.25) is 0 Å². The van der Waals surface area contributed by atoms with Crippen LogP contribution in [0.15, 0.2) is 122 Å². The van der Waals surface area contributed by atoms with Gasteiger partial charge < -0.3 is 120 Å². The lowest BCUT2D eigenvalue weighted by atomic mass is 9.83. The number of nitrogens with two attached hydrogens (primary N) is 2. The van der Waals surface area contributed by atoms with Crippen molar-refractivity contribution in [1.29, 1.82) is 0 Å². The lowest BCUT2D eigenvalue weighted by Gasteiger charge is -2.45. The summed E-state index contributed by atoms with van der Waals surface area (Å²) in [6, 6.07) is -2.15. The standard InChI is InChI=1S/2C33H47NO13/c2*1-18-10-8-6-4-3-5-7-9-11-21(45-32-30(39)28(34)29(38)19(2)44-32)15-25-27(31(40)41)22(36)17-33(42,47-25)16-20(35)14-24-23(46-24)12-13-26(37)43-18/h2*3-9,11-13,18-25,27-30,32,35-36,38-39,42H,10,14-17,34H2,1-2H3,(H,40,41)/b2*4-3+,7-5+,8-6+,11-9+,13-12+/t2*18-,19-,20+,21+,22+,23-,24-,25+,27-,28+,29-,30+,32+,33-/m11/s1. The third kappa shape index (κ3) is 22.8. The van der Waals surface area contributed by atoms with Gasteiger partial charge in [-0.05, 0) is 39.8 Å². The van der Waals surface area contributed by atoms with E-state index in [1.54, 1.807) is 113 Å². The van der Waals surface area contributed by atoms with E-state index >= 15 is 0 Å². The molecular weight excluding hydrogens is 1240 g/mol. The zero-order valence-electron chi connectivity index (χ0n) is 52.9. The Labute approximate surface area is 545 Å². The maximum absolute atomic E-state index is 12.3. The monoisotopic (exact) mass is 1330 g/mol. The molecule has 0 aromatic heterocycles. The highest BCUT2D eigenvalue weighted by molar-refractivity contribution is 5.82. The fraction of sp³-hybridized carbons (Fsp3) is 0.636. The Hall–Kier alpha value is -5.52. The highest BCUT2D eigenvalue weighted by Gasteiger charge is 2.54. The van der Waals surface area contributed by atoms with Crippen molar-refractivity contribution in [3.05, 3.63) is 122 Å². The number of carboxylic acids is 2. The minimum Gasteiger partial charge on any atom is -0.481 e. The molecule has 0 amide bonds. The van der Waals surface area contributed by atoms with Crippen molar-refractivity contribution < 1.29 is 128 Å². The van der Waals surface area contributed by atoms with Gasteiger partial charge in [-0.15, -0.1) is 0 Å². The number of allylic oxidation sites excluding steroid dienone is 12. The van der Waals surface area contributed by atoms with Crippen LogP contribution in [0.2, 0.25) is 0 Å². The number of aliphatic carboxylic acids is 2. The second-order valence-corrected chi connectivity index (χ2v) is 25.1. The molecule has 28 atom stereocenters. The van der Waals surface area contributed by atoms with E-state index in [9.17, 15) is 80.5 Å². The summed E-state index contributed by atoms with van der Waals surface area (Å²) in [4.78, 5) is 48.9. The van der Waals surface area contributed by atoms with E-state index in [1.165, 1.54) is 24.3 Å². The number of rotatable bonds is 6. The van der Waals surface area contributed by atoms with Gasteiger partial charge in [-0.25, -0.2) is 9.59 Å². The normalized spacial score (nSPS) is 47.2. The fourth-order valence-electron chi connectivity index (χ4n) is 12.0. The van der Waals surface area contributed by atoms with Gasteiger partial charge in [0.25, 0.3) is 0 Å². The zero-order valence-corrected chi connectivity index (χ0v) is 52.9. The van der Waals surface area contributed by atoms with Crippen molar-refractivity contribution in [3.63, 3.8) is 0 Å². The molecule has 0 aromatic rings. The van der Waals surface area contributed by atoms with Gasteiger partial charge in [0.05, 0.1) is 97.5 Å². The van der Waals surface area contributed by atoms with Gasteiger partial charge in [-0.1, -0.05) is 97.2 Å². The number of carbonyl (C=O) groups excluding carboxylic acids is 2. The van der Waals surface area contributed by atoms with E-state index in [4.69, 9.17) is 58.8 Å². The first kappa shape index (κ1) is 75.9. The first-order chi connectivity index (χ1) is 44.5. The first-order valence-electron chi connectivity index (χ1n) is 31.8. The summed E-state index contributed by atoms with van der Waals surface area (Å²) in [7, 11) is 0. The van der Waals surface area contributed by atoms with Crippen LogP contribution in [0.5, 0.6) is 0 Å². The van der Waals surface area contributed by atoms with Crippen LogP contribution in [-0.2, 0) is 66.5 Å². The summed E-state index contributed by atoms with van der Waals surface area (Å²) in [5, 5.41) is 128. The molecule has 0 radical (unpaired) electrons. The summed E-state index contributed by atoms with van der Waals surface area (Å²) in [5.41, 5.74) is 12.0. The SMILES string of the molecule is C[C@@H]1C/C=C/C=C/C=C/C=C/[C@H](O[C@@H]2O[C@H](C)[C@@H](O)[C@H](N)[C@@H]2O)C[C@@H]2O[C@](O)(C[C@@H](O)C[C@H]3O[C@@H]3/C=C/C(=O)O1)C[C@H](O)[C@H]2C(=O)O.C[C@@H]1C/C=C/C=C/C=C/C=C/[C@H](O[C@@H]2O[C@H](C)[C@@H](O)[C@H](N)[C@@H]2O)C[C@@H]2O[C@](O)(C[C@@H](O)C[C@H]3O[C@@H]3/C=C/C(=O)O1)C[C@H](O)[C@H]2C(=O)O. The topological polar surface area (TPSA) is 462 Å². The molecule has 4 bridgehead atoms. The van der Waals surface area contributed by atoms with Crippen molar-refractivity contribution >= 4 is 23.9 Å². The van der Waals surface area contributed by atoms with E-state index in [2.05, 4.69) is 0 Å². The summed E-state index contributed by atoms with van der Waals surface area (Å²) >= 11 is 0. The Morgan fingerprint density at radius 3 is 1.18 bits per heavy atom. The number of esters is 2. The maximum atomic E-state index is 12.3. The predicted octanol–water partition coefficient (Wildman–Crippen LogP) is 0.239. The van der Waals surface area contributed by atoms with E-state index in [0.717, 1.165) is 0 Å². The van der Waals surface area contributed by atoms with E-state index in [1.807, 2.05) is 12.2 Å². The molecule has 16 N–H and O–H groups in total. The van der Waals surface area contributed by atoms with Gasteiger partial charge in [0, 0.05) is 76.4 Å². The number of carboxylic acid groups (broad SMARTS) is 2. The van der Waals surface area contributed by atoms with Crippen LogP contribution in [0.25, 0.3) is 0 Å². The Morgan fingerprint density at radius 1 is 0.468 bits per heavy atom. The molecule has 8 aliphatic heterocycles. The molecule has 0 saturated carbocycles. The second kappa shape index (κ2) is 35.1. The van der Waals surface area contributed by atoms with Gasteiger partial charge in [0.15, 0.2) is 24.2 Å². The van der Waals surface area contributed by atoms with Crippen LogP contribution >= 0.6 is 0 Å². The highest BCUT2D eigenvalue weighted by Crippen LogP contribution is 2.41. The highest BCUT2D eigenvalue weighted by atomic mass is 16.7. The smallest absolute Gasteiger partial charge is 0.330 e. The van der Waals surface area contributed by atoms with Crippen molar-refractivity contribution in [2.45, 2.75) is 250 Å². The maximum Gasteiger partial charge on any atom is 0.330 e. The number of ether oxygens (including phenoxy) is 10. The molecule has 28 nitrogen and oxygen atoms in total. The molecule has 8 heterocycles. The van der Waals surface area contributed by atoms with E-state index < -0.39 is 195 Å². The van der Waals surface area contributed by atoms with E-state index in [-0.39, 0.29) is 50.7 Å². The molecule has 8 aliphatic rings. The van der Waals surface area contributed by atoms with Crippen molar-refractivity contribution in [1.82, 2.24) is 0 Å². The lowest BCUT2D eigenvalue weighted by molar-refractivity contribution is -0.309. The van der Waals surface area contributed by atoms with Crippen LogP contribution in [-0.4, -0.2) is 243 Å². The molecule has 28 heteroatoms. The first-order valence-corrected chi connectivity index (χ1v) is 31.8. The van der Waals surface area contributed by atoms with E-state index in [0.29, 0.717) is 12.8 Å². The fourth-order valence-corrected chi connectivity index (χ4v) is 12.0. The average Bonchev–Trinajstić information content (AvgIpc) is 1.45. The Bertz CT molecular complexity index is 2620. The molecule has 94 heavy (non-hydrogen) atoms. The summed E-state index contributed by atoms with van der Waals surface area (Å²) in [6.07, 6.45) is 10.5. The van der Waals surface area contributed by atoms with Crippen LogP contribution < -0.4 is 11.5 Å². The minimum atomic E-state index is -2.10. The number of carbonyl (C=O) groups is 4. The number of epoxide rings is 2. The van der Waals surface area contributed by atoms with Crippen LogP contribution in [0.1, 0.15) is 91.9 Å². The third-order valence-corrected chi connectivity index (χ3v) is 17.2. The summed E-state index contributed by atoms with van der Waals surface area (Å²) in [6.45, 7) is 6.67. The van der Waals surface area contributed by atoms with Crippen LogP contribution in [0.3, 0.4) is 0 Å². The summed E-state index contributed by atoms with van der Waals surface area (Å²) in [5.74, 6) is -10.9. The predicted molar refractivity (Wildman–Crippen MR) is 330 cm³/mol. The number of hydrogen-bond acceptors (Lipinski definition) is 26. The quantitative estimate of drug-likeness (QED) is 0.125. The molecule has 0 unspecified atom stereocenters. The van der Waals surface area contributed by atoms with Crippen LogP contribution in [0, 0.1) is 11.8 Å². The molecular formula is C66H94N2O26. The average molecular weight is 1330 g/mol. The zero-order chi connectivity index (χ0) is 68.6.